The molecule has 0 saturated heterocycles. The molecule has 3 heterocycles. The fourth-order valence-corrected chi connectivity index (χ4v) is 4.37. The largest absolute Gasteiger partial charge is 0.438 e. The molecule has 0 bridgehead atoms. The normalized spacial score (nSPS) is 13.4. The molecule has 1 fully saturated rings. The summed E-state index contributed by atoms with van der Waals surface area (Å²) in [5.74, 6) is -0.437. The first-order valence-electron chi connectivity index (χ1n) is 12.5. The second-order valence-electron chi connectivity index (χ2n) is 9.53. The van der Waals surface area contributed by atoms with Crippen molar-refractivity contribution in [1.29, 1.82) is 5.26 Å². The van der Waals surface area contributed by atoms with Gasteiger partial charge in [-0.25, -0.2) is 14.5 Å². The fourth-order valence-electron chi connectivity index (χ4n) is 4.37. The Hall–Kier alpha value is -5.43. The number of anilines is 1. The highest BCUT2D eigenvalue weighted by atomic mass is 19.1. The number of ether oxygens (including phenoxy) is 1. The van der Waals surface area contributed by atoms with E-state index in [2.05, 4.69) is 26.5 Å². The third-order valence-electron chi connectivity index (χ3n) is 6.69. The number of rotatable bonds is 8. The Labute approximate surface area is 227 Å². The summed E-state index contributed by atoms with van der Waals surface area (Å²) in [6.07, 6.45) is 4.44. The molecule has 2 aromatic carbocycles. The first-order chi connectivity index (χ1) is 19.4. The van der Waals surface area contributed by atoms with E-state index in [0.29, 0.717) is 33.9 Å². The molecule has 0 radical (unpaired) electrons. The molecule has 10 heteroatoms. The Bertz CT molecular complexity index is 1800. The van der Waals surface area contributed by atoms with Gasteiger partial charge in [-0.3, -0.25) is 9.59 Å². The number of ketones is 1. The van der Waals surface area contributed by atoms with Crippen molar-refractivity contribution in [3.05, 3.63) is 114 Å². The first kappa shape index (κ1) is 24.9. The zero-order valence-corrected chi connectivity index (χ0v) is 21.0. The number of imidazole rings is 1. The number of pyridine rings is 1. The zero-order valence-electron chi connectivity index (χ0n) is 21.0. The summed E-state index contributed by atoms with van der Waals surface area (Å²) < 4.78 is 20.5. The average Bonchev–Trinajstić information content (AvgIpc) is 3.67. The minimum atomic E-state index is -0.651. The maximum absolute atomic E-state index is 13.0. The lowest BCUT2D eigenvalue weighted by atomic mass is 9.96. The van der Waals surface area contributed by atoms with E-state index < -0.39 is 11.4 Å². The molecule has 3 aromatic heterocycles. The standard InChI is InChI=1S/C30H21FN6O3/c31-26-8-7-20(16-33-26)25(38)15-23-17-37-27(34-23)9-10-28(36-37)40-24-6-2-5-22(14-24)35-29(39)19-3-1-4-21(13-19)30(18-32)11-12-30/h1-10,13-14,16-17H,11-12,15H2,(H,35,39). The van der Waals surface area contributed by atoms with Gasteiger partial charge in [0.25, 0.3) is 5.91 Å². The van der Waals surface area contributed by atoms with E-state index >= 15 is 0 Å². The van der Waals surface area contributed by atoms with E-state index in [1.165, 1.54) is 16.8 Å². The van der Waals surface area contributed by atoms with Crippen molar-refractivity contribution in [3.63, 3.8) is 0 Å². The van der Waals surface area contributed by atoms with Gasteiger partial charge in [-0.1, -0.05) is 18.2 Å². The lowest BCUT2D eigenvalue weighted by molar-refractivity contribution is 0.0989. The molecular weight excluding hydrogens is 511 g/mol. The van der Waals surface area contributed by atoms with Crippen LogP contribution in [-0.4, -0.2) is 31.3 Å². The predicted octanol–water partition coefficient (Wildman–Crippen LogP) is 5.29. The Morgan fingerprint density at radius 2 is 1.90 bits per heavy atom. The molecule has 40 heavy (non-hydrogen) atoms. The van der Waals surface area contributed by atoms with Crippen LogP contribution in [0.2, 0.25) is 0 Å². The average molecular weight is 533 g/mol. The SMILES string of the molecule is N#CC1(c2cccc(C(=O)Nc3cccc(Oc4ccc5nc(CC(=O)c6ccc(F)nc6)cn5n4)c3)c2)CC1. The van der Waals surface area contributed by atoms with Crippen molar-refractivity contribution in [3.8, 4) is 17.7 Å². The number of carbonyl (C=O) groups excluding carboxylic acids is 2. The lowest BCUT2D eigenvalue weighted by Crippen LogP contribution is -2.13. The van der Waals surface area contributed by atoms with Gasteiger partial charge in [0.1, 0.15) is 5.75 Å². The number of benzene rings is 2. The number of nitrogens with zero attached hydrogens (tertiary/aromatic N) is 5. The quantitative estimate of drug-likeness (QED) is 0.213. The van der Waals surface area contributed by atoms with Gasteiger partial charge in [0.05, 0.1) is 29.8 Å². The summed E-state index contributed by atoms with van der Waals surface area (Å²) in [6, 6.07) is 22.3. The number of hydrogen-bond donors (Lipinski definition) is 1. The van der Waals surface area contributed by atoms with Crippen LogP contribution in [0.15, 0.2) is 85.2 Å². The van der Waals surface area contributed by atoms with Crippen LogP contribution in [0.5, 0.6) is 11.6 Å². The highest BCUT2D eigenvalue weighted by Crippen LogP contribution is 2.47. The topological polar surface area (TPSA) is 122 Å². The number of amides is 1. The Morgan fingerprint density at radius 1 is 1.05 bits per heavy atom. The molecule has 1 N–H and O–H groups in total. The van der Waals surface area contributed by atoms with Gasteiger partial charge >= 0.3 is 0 Å². The molecule has 1 aliphatic carbocycles. The monoisotopic (exact) mass is 532 g/mol. The maximum atomic E-state index is 13.0. The molecule has 0 aliphatic heterocycles. The van der Waals surface area contributed by atoms with Crippen LogP contribution in [-0.2, 0) is 11.8 Å². The number of carbonyl (C=O) groups is 2. The second-order valence-corrected chi connectivity index (χ2v) is 9.53. The number of nitriles is 1. The van der Waals surface area contributed by atoms with E-state index in [-0.39, 0.29) is 24.0 Å². The number of hydrogen-bond acceptors (Lipinski definition) is 7. The summed E-state index contributed by atoms with van der Waals surface area (Å²) >= 11 is 0. The van der Waals surface area contributed by atoms with E-state index in [1.807, 2.05) is 6.07 Å². The van der Waals surface area contributed by atoms with Crippen LogP contribution in [0.3, 0.4) is 0 Å². The summed E-state index contributed by atoms with van der Waals surface area (Å²) in [4.78, 5) is 33.3. The highest BCUT2D eigenvalue weighted by Gasteiger charge is 2.45. The van der Waals surface area contributed by atoms with Crippen molar-refractivity contribution in [2.24, 2.45) is 0 Å². The van der Waals surface area contributed by atoms with Gasteiger partial charge < -0.3 is 10.1 Å². The van der Waals surface area contributed by atoms with Gasteiger partial charge in [0.2, 0.25) is 11.8 Å². The molecular formula is C30H21FN6O3. The van der Waals surface area contributed by atoms with E-state index in [0.717, 1.165) is 24.5 Å². The van der Waals surface area contributed by atoms with Crippen LogP contribution in [0.1, 0.15) is 44.8 Å². The Kier molecular flexibility index (Phi) is 6.24. The minimum absolute atomic E-state index is 0.00894. The van der Waals surface area contributed by atoms with E-state index in [4.69, 9.17) is 4.74 Å². The molecule has 196 valence electrons. The van der Waals surface area contributed by atoms with Gasteiger partial charge in [0, 0.05) is 35.1 Å². The van der Waals surface area contributed by atoms with Gasteiger partial charge in [-0.2, -0.15) is 9.65 Å². The third-order valence-corrected chi connectivity index (χ3v) is 6.69. The second kappa shape index (κ2) is 10.0. The lowest BCUT2D eigenvalue weighted by Gasteiger charge is -2.11. The number of halogens is 1. The van der Waals surface area contributed by atoms with Crippen LogP contribution in [0, 0.1) is 17.3 Å². The van der Waals surface area contributed by atoms with Crippen LogP contribution in [0.25, 0.3) is 5.65 Å². The number of fused-ring (bicyclic) bond motifs is 1. The molecule has 0 atom stereocenters. The van der Waals surface area contributed by atoms with Gasteiger partial charge in [-0.15, -0.1) is 5.10 Å². The Balaban J connectivity index is 1.13. The summed E-state index contributed by atoms with van der Waals surface area (Å²) in [5.41, 5.74) is 2.72. The number of Topliss-reactive ketones (excluding diaryl/α,β-unsaturated/α-hetero) is 1. The summed E-state index contributed by atoms with van der Waals surface area (Å²) in [6.45, 7) is 0. The van der Waals surface area contributed by atoms with Gasteiger partial charge in [-0.05, 0) is 60.9 Å². The molecule has 1 aliphatic rings. The number of nitrogens with one attached hydrogen (secondary N) is 1. The van der Waals surface area contributed by atoms with E-state index in [9.17, 15) is 19.2 Å². The third kappa shape index (κ3) is 5.13. The van der Waals surface area contributed by atoms with Gasteiger partial charge in [0.15, 0.2) is 11.4 Å². The van der Waals surface area contributed by atoms with Crippen molar-refractivity contribution < 1.29 is 18.7 Å². The Morgan fingerprint density at radius 3 is 2.67 bits per heavy atom. The molecule has 0 spiro atoms. The molecule has 9 nitrogen and oxygen atoms in total. The van der Waals surface area contributed by atoms with Crippen LogP contribution < -0.4 is 10.1 Å². The first-order valence-corrected chi connectivity index (χ1v) is 12.5. The molecule has 1 amide bonds. The summed E-state index contributed by atoms with van der Waals surface area (Å²) in [7, 11) is 0. The molecule has 1 saturated carbocycles. The van der Waals surface area contributed by atoms with Crippen LogP contribution in [0.4, 0.5) is 10.1 Å². The van der Waals surface area contributed by atoms with Crippen molar-refractivity contribution in [2.45, 2.75) is 24.7 Å². The van der Waals surface area contributed by atoms with Crippen molar-refractivity contribution >= 4 is 23.0 Å². The van der Waals surface area contributed by atoms with E-state index in [1.54, 1.807) is 60.8 Å². The maximum Gasteiger partial charge on any atom is 0.255 e. The predicted molar refractivity (Wildman–Crippen MR) is 143 cm³/mol. The summed E-state index contributed by atoms with van der Waals surface area (Å²) in [5, 5.41) is 16.8. The molecule has 6 rings (SSSR count). The molecule has 5 aromatic rings. The zero-order chi connectivity index (χ0) is 27.7. The smallest absolute Gasteiger partial charge is 0.255 e. The number of aromatic nitrogens is 4. The fraction of sp³-hybridized carbons (Fsp3) is 0.133. The van der Waals surface area contributed by atoms with Crippen molar-refractivity contribution in [1.82, 2.24) is 19.6 Å². The van der Waals surface area contributed by atoms with Crippen LogP contribution >= 0.6 is 0 Å². The highest BCUT2D eigenvalue weighted by molar-refractivity contribution is 6.04. The minimum Gasteiger partial charge on any atom is -0.438 e. The van der Waals surface area contributed by atoms with Crippen molar-refractivity contribution in [2.75, 3.05) is 5.32 Å². The molecule has 0 unspecified atom stereocenters.